The fourth-order valence-corrected chi connectivity index (χ4v) is 5.01. The van der Waals surface area contributed by atoms with Gasteiger partial charge in [-0.25, -0.2) is 13.1 Å². The average molecular weight is 328 g/mol. The van der Waals surface area contributed by atoms with E-state index in [0.717, 1.165) is 44.9 Å². The predicted molar refractivity (Wildman–Crippen MR) is 85.3 cm³/mol. The Morgan fingerprint density at radius 3 is 2.76 bits per heavy atom. The van der Waals surface area contributed by atoms with Crippen LogP contribution in [0.5, 0.6) is 0 Å². The van der Waals surface area contributed by atoms with Crippen LogP contribution in [-0.2, 0) is 22.9 Å². The lowest BCUT2D eigenvalue weighted by Gasteiger charge is -2.25. The van der Waals surface area contributed by atoms with Crippen LogP contribution in [0, 0.1) is 5.92 Å². The number of sulfonamides is 1. The molecule has 0 bridgehead atoms. The van der Waals surface area contributed by atoms with E-state index >= 15 is 0 Å². The van der Waals surface area contributed by atoms with Crippen LogP contribution in [0.25, 0.3) is 0 Å². The first-order chi connectivity index (χ1) is 10.0. The minimum Gasteiger partial charge on any atom is -0.211 e. The van der Waals surface area contributed by atoms with Crippen LogP contribution in [0.15, 0.2) is 23.1 Å². The zero-order valence-corrected chi connectivity index (χ0v) is 13.7. The van der Waals surface area contributed by atoms with E-state index < -0.39 is 10.0 Å². The first kappa shape index (κ1) is 15.3. The first-order valence-electron chi connectivity index (χ1n) is 7.80. The molecular weight excluding hydrogens is 306 g/mol. The summed E-state index contributed by atoms with van der Waals surface area (Å²) in [7, 11) is -3.39. The van der Waals surface area contributed by atoms with E-state index in [2.05, 4.69) is 4.72 Å². The van der Waals surface area contributed by atoms with Crippen LogP contribution in [0.1, 0.15) is 43.2 Å². The molecule has 2 unspecified atom stereocenters. The van der Waals surface area contributed by atoms with Crippen molar-refractivity contribution >= 4 is 21.6 Å². The van der Waals surface area contributed by atoms with Crippen molar-refractivity contribution in [1.29, 1.82) is 0 Å². The van der Waals surface area contributed by atoms with Gasteiger partial charge in [0.2, 0.25) is 10.0 Å². The fourth-order valence-electron chi connectivity index (χ4n) is 3.44. The van der Waals surface area contributed by atoms with Gasteiger partial charge in [0.05, 0.1) is 4.90 Å². The maximum absolute atomic E-state index is 12.4. The minimum atomic E-state index is -3.39. The molecule has 5 heteroatoms. The molecule has 0 saturated heterocycles. The number of rotatable bonds is 4. The number of halogens is 1. The van der Waals surface area contributed by atoms with E-state index in [9.17, 15) is 8.42 Å². The summed E-state index contributed by atoms with van der Waals surface area (Å²) < 4.78 is 27.6. The van der Waals surface area contributed by atoms with Crippen LogP contribution >= 0.6 is 11.6 Å². The second kappa shape index (κ2) is 6.27. The Kier molecular flexibility index (Phi) is 4.57. The van der Waals surface area contributed by atoms with Crippen LogP contribution in [-0.4, -0.2) is 20.3 Å². The van der Waals surface area contributed by atoms with E-state index in [1.165, 1.54) is 11.1 Å². The first-order valence-corrected chi connectivity index (χ1v) is 9.72. The van der Waals surface area contributed by atoms with Crippen molar-refractivity contribution in [2.24, 2.45) is 5.92 Å². The van der Waals surface area contributed by atoms with Gasteiger partial charge < -0.3 is 0 Å². The summed E-state index contributed by atoms with van der Waals surface area (Å²) in [5, 5.41) is 0.202. The van der Waals surface area contributed by atoms with E-state index in [1.807, 2.05) is 12.1 Å². The topological polar surface area (TPSA) is 46.2 Å². The van der Waals surface area contributed by atoms with E-state index in [-0.39, 0.29) is 5.38 Å². The maximum atomic E-state index is 12.4. The molecule has 0 aromatic heterocycles. The summed E-state index contributed by atoms with van der Waals surface area (Å²) in [6, 6.07) is 5.54. The standard InChI is InChI=1S/C16H22ClNO2S/c17-15-6-1-3-12(9-15)11-18-21(19,20)16-8-7-13-4-2-5-14(13)10-16/h7-8,10,12,15,18H,1-6,9,11H2. The van der Waals surface area contributed by atoms with Crippen molar-refractivity contribution in [1.82, 2.24) is 4.72 Å². The van der Waals surface area contributed by atoms with Crippen LogP contribution in [0.4, 0.5) is 0 Å². The molecule has 1 N–H and O–H groups in total. The Morgan fingerprint density at radius 2 is 1.95 bits per heavy atom. The molecule has 0 spiro atoms. The maximum Gasteiger partial charge on any atom is 0.240 e. The third-order valence-corrected chi connectivity index (χ3v) is 6.48. The molecule has 0 heterocycles. The molecule has 2 aliphatic rings. The number of alkyl halides is 1. The monoisotopic (exact) mass is 327 g/mol. The van der Waals surface area contributed by atoms with Gasteiger partial charge >= 0.3 is 0 Å². The summed E-state index contributed by atoms with van der Waals surface area (Å²) >= 11 is 6.17. The molecule has 1 aromatic carbocycles. The summed E-state index contributed by atoms with van der Waals surface area (Å²) in [4.78, 5) is 0.404. The fraction of sp³-hybridized carbons (Fsp3) is 0.625. The highest BCUT2D eigenvalue weighted by Crippen LogP contribution is 2.28. The van der Waals surface area contributed by atoms with Crippen LogP contribution < -0.4 is 4.72 Å². The number of hydrogen-bond donors (Lipinski definition) is 1. The van der Waals surface area contributed by atoms with Crippen LogP contribution in [0.2, 0.25) is 0 Å². The zero-order valence-electron chi connectivity index (χ0n) is 12.1. The van der Waals surface area contributed by atoms with Crippen molar-refractivity contribution in [3.05, 3.63) is 29.3 Å². The lowest BCUT2D eigenvalue weighted by atomic mass is 9.89. The molecule has 3 rings (SSSR count). The summed E-state index contributed by atoms with van der Waals surface area (Å²) in [5.41, 5.74) is 2.49. The van der Waals surface area contributed by atoms with Crippen molar-refractivity contribution in [3.8, 4) is 0 Å². The van der Waals surface area contributed by atoms with Gasteiger partial charge in [0, 0.05) is 11.9 Å². The third-order valence-electron chi connectivity index (χ3n) is 4.66. The Morgan fingerprint density at radius 1 is 1.14 bits per heavy atom. The summed E-state index contributed by atoms with van der Waals surface area (Å²) in [5.74, 6) is 0.366. The molecule has 2 atom stereocenters. The second-order valence-corrected chi connectivity index (χ2v) is 8.65. The molecule has 0 radical (unpaired) electrons. The van der Waals surface area contributed by atoms with Gasteiger partial charge in [-0.1, -0.05) is 12.5 Å². The SMILES string of the molecule is O=S(=O)(NCC1CCCC(Cl)C1)c1ccc2c(c1)CCC2. The lowest BCUT2D eigenvalue weighted by Crippen LogP contribution is -2.32. The molecule has 2 aliphatic carbocycles. The number of aryl methyl sites for hydroxylation is 2. The van der Waals surface area contributed by atoms with Gasteiger partial charge in [-0.2, -0.15) is 0 Å². The lowest BCUT2D eigenvalue weighted by molar-refractivity contribution is 0.361. The predicted octanol–water partition coefficient (Wildman–Crippen LogP) is 3.25. The molecule has 1 fully saturated rings. The van der Waals surface area contributed by atoms with E-state index in [0.29, 0.717) is 17.4 Å². The summed E-state index contributed by atoms with van der Waals surface area (Å²) in [6.45, 7) is 0.503. The summed E-state index contributed by atoms with van der Waals surface area (Å²) in [6.07, 6.45) is 7.32. The molecule has 3 nitrogen and oxygen atoms in total. The van der Waals surface area contributed by atoms with Gasteiger partial charge in [0.15, 0.2) is 0 Å². The van der Waals surface area contributed by atoms with Gasteiger partial charge in [0.1, 0.15) is 0 Å². The number of hydrogen-bond acceptors (Lipinski definition) is 2. The second-order valence-electron chi connectivity index (χ2n) is 6.27. The molecule has 0 aliphatic heterocycles. The number of benzene rings is 1. The van der Waals surface area contributed by atoms with Crippen molar-refractivity contribution in [2.45, 2.75) is 55.2 Å². The third kappa shape index (κ3) is 3.61. The largest absolute Gasteiger partial charge is 0.240 e. The Labute approximate surface area is 132 Å². The smallest absolute Gasteiger partial charge is 0.211 e. The molecule has 116 valence electrons. The van der Waals surface area contributed by atoms with Crippen molar-refractivity contribution in [3.63, 3.8) is 0 Å². The highest BCUT2D eigenvalue weighted by Gasteiger charge is 2.23. The van der Waals surface area contributed by atoms with Crippen molar-refractivity contribution < 1.29 is 8.42 Å². The highest BCUT2D eigenvalue weighted by atomic mass is 35.5. The number of nitrogens with one attached hydrogen (secondary N) is 1. The molecule has 21 heavy (non-hydrogen) atoms. The van der Waals surface area contributed by atoms with E-state index in [4.69, 9.17) is 11.6 Å². The van der Waals surface area contributed by atoms with Crippen molar-refractivity contribution in [2.75, 3.05) is 6.54 Å². The Balaban J connectivity index is 1.66. The number of fused-ring (bicyclic) bond motifs is 1. The normalized spacial score (nSPS) is 25.8. The van der Waals surface area contributed by atoms with Gasteiger partial charge in [-0.3, -0.25) is 0 Å². The van der Waals surface area contributed by atoms with E-state index in [1.54, 1.807) is 6.07 Å². The Hall–Kier alpha value is -0.580. The average Bonchev–Trinajstić information content (AvgIpc) is 2.93. The molecule has 1 aromatic rings. The van der Waals surface area contributed by atoms with Gasteiger partial charge in [-0.15, -0.1) is 11.6 Å². The Bertz CT molecular complexity index is 615. The van der Waals surface area contributed by atoms with Gasteiger partial charge in [0.25, 0.3) is 0 Å². The van der Waals surface area contributed by atoms with Gasteiger partial charge in [-0.05, 0) is 67.7 Å². The molecule has 0 amide bonds. The quantitative estimate of drug-likeness (QED) is 0.863. The highest BCUT2D eigenvalue weighted by molar-refractivity contribution is 7.89. The molecular formula is C16H22ClNO2S. The minimum absolute atomic E-state index is 0.202. The van der Waals surface area contributed by atoms with Crippen LogP contribution in [0.3, 0.4) is 0 Å². The zero-order chi connectivity index (χ0) is 14.9. The molecule has 1 saturated carbocycles.